The van der Waals surface area contributed by atoms with Crippen molar-refractivity contribution >= 4 is 5.97 Å². The van der Waals surface area contributed by atoms with Crippen LogP contribution in [0.3, 0.4) is 0 Å². The summed E-state index contributed by atoms with van der Waals surface area (Å²) in [5.41, 5.74) is 6.73. The number of esters is 1. The van der Waals surface area contributed by atoms with E-state index in [0.717, 1.165) is 6.54 Å². The summed E-state index contributed by atoms with van der Waals surface area (Å²) in [4.78, 5) is 13.3. The van der Waals surface area contributed by atoms with Gasteiger partial charge in [0, 0.05) is 12.2 Å². The zero-order chi connectivity index (χ0) is 11.1. The molecule has 14 heavy (non-hydrogen) atoms. The monoisotopic (exact) mass is 200 g/mol. The summed E-state index contributed by atoms with van der Waals surface area (Å²) in [7, 11) is 3.86. The number of allylic oxidation sites excluding steroid dienone is 1. The molecule has 0 atom stereocenters. The maximum absolute atomic E-state index is 11.3. The Hall–Kier alpha value is -1.03. The van der Waals surface area contributed by atoms with E-state index in [1.165, 1.54) is 0 Å². The highest BCUT2D eigenvalue weighted by Gasteiger charge is 2.08. The number of nitrogens with zero attached hydrogens (tertiary/aromatic N) is 1. The lowest BCUT2D eigenvalue weighted by Crippen LogP contribution is -2.21. The molecule has 0 aliphatic carbocycles. The second-order valence-corrected chi connectivity index (χ2v) is 3.44. The van der Waals surface area contributed by atoms with Gasteiger partial charge >= 0.3 is 5.97 Å². The summed E-state index contributed by atoms with van der Waals surface area (Å²) in [6.45, 7) is 4.73. The van der Waals surface area contributed by atoms with Crippen LogP contribution in [0.15, 0.2) is 11.3 Å². The molecule has 82 valence electrons. The topological polar surface area (TPSA) is 55.6 Å². The van der Waals surface area contributed by atoms with Gasteiger partial charge in [0.05, 0.1) is 5.57 Å². The Balaban J connectivity index is 3.97. The Morgan fingerprint density at radius 3 is 2.43 bits per heavy atom. The third-order valence-corrected chi connectivity index (χ3v) is 1.94. The second-order valence-electron chi connectivity index (χ2n) is 3.44. The summed E-state index contributed by atoms with van der Waals surface area (Å²) < 4.78 is 5.02. The maximum Gasteiger partial charge on any atom is 0.335 e. The first-order chi connectivity index (χ1) is 6.49. The van der Waals surface area contributed by atoms with Crippen LogP contribution in [0.2, 0.25) is 0 Å². The van der Waals surface area contributed by atoms with E-state index in [-0.39, 0.29) is 5.97 Å². The molecule has 0 saturated heterocycles. The van der Waals surface area contributed by atoms with Gasteiger partial charge in [0.2, 0.25) is 0 Å². The lowest BCUT2D eigenvalue weighted by atomic mass is 10.2. The lowest BCUT2D eigenvalue weighted by Gasteiger charge is -2.10. The molecule has 0 aliphatic rings. The molecule has 0 unspecified atom stereocenters. The Bertz CT molecular complexity index is 222. The molecule has 0 aliphatic heterocycles. The molecule has 0 amide bonds. The fourth-order valence-electron chi connectivity index (χ4n) is 0.825. The third-order valence-electron chi connectivity index (χ3n) is 1.94. The molecular formula is C10H20N2O2. The summed E-state index contributed by atoms with van der Waals surface area (Å²) in [6, 6.07) is 0. The van der Waals surface area contributed by atoms with Crippen LogP contribution in [0.25, 0.3) is 0 Å². The lowest BCUT2D eigenvalue weighted by molar-refractivity contribution is -0.139. The standard InChI is InChI=1S/C10H20N2O2/c1-5-9(11)8(2)10(13)14-7-6-12(3)4/h5-7,11H2,1-4H3. The van der Waals surface area contributed by atoms with E-state index in [4.69, 9.17) is 10.5 Å². The number of rotatable bonds is 5. The highest BCUT2D eigenvalue weighted by Crippen LogP contribution is 2.03. The van der Waals surface area contributed by atoms with Crippen molar-refractivity contribution in [2.24, 2.45) is 5.73 Å². The van der Waals surface area contributed by atoms with E-state index in [1.807, 2.05) is 25.9 Å². The Labute approximate surface area is 85.7 Å². The van der Waals surface area contributed by atoms with Crippen LogP contribution < -0.4 is 5.73 Å². The van der Waals surface area contributed by atoms with E-state index in [1.54, 1.807) is 6.92 Å². The summed E-state index contributed by atoms with van der Waals surface area (Å²) in [6.07, 6.45) is 0.675. The Morgan fingerprint density at radius 2 is 2.00 bits per heavy atom. The van der Waals surface area contributed by atoms with Crippen molar-refractivity contribution in [3.8, 4) is 0 Å². The first kappa shape index (κ1) is 13.0. The quantitative estimate of drug-likeness (QED) is 0.525. The van der Waals surface area contributed by atoms with Crippen LogP contribution in [0.5, 0.6) is 0 Å². The second kappa shape index (κ2) is 6.43. The van der Waals surface area contributed by atoms with Gasteiger partial charge in [-0.2, -0.15) is 0 Å². The molecule has 0 bridgehead atoms. The van der Waals surface area contributed by atoms with Crippen LogP contribution in [0, 0.1) is 0 Å². The number of carbonyl (C=O) groups excluding carboxylic acids is 1. The SMILES string of the molecule is CCC(N)=C(C)C(=O)OCCN(C)C. The van der Waals surface area contributed by atoms with Gasteiger partial charge in [0.25, 0.3) is 0 Å². The van der Waals surface area contributed by atoms with E-state index in [9.17, 15) is 4.79 Å². The van der Waals surface area contributed by atoms with Gasteiger partial charge < -0.3 is 15.4 Å². The zero-order valence-corrected chi connectivity index (χ0v) is 9.46. The van der Waals surface area contributed by atoms with Crippen LogP contribution in [-0.4, -0.2) is 38.1 Å². The van der Waals surface area contributed by atoms with Gasteiger partial charge in [-0.05, 0) is 27.4 Å². The van der Waals surface area contributed by atoms with E-state index < -0.39 is 0 Å². The zero-order valence-electron chi connectivity index (χ0n) is 9.46. The predicted molar refractivity (Wildman–Crippen MR) is 56.7 cm³/mol. The molecule has 0 saturated carbocycles. The van der Waals surface area contributed by atoms with Crippen molar-refractivity contribution in [3.05, 3.63) is 11.3 Å². The van der Waals surface area contributed by atoms with Crippen molar-refractivity contribution < 1.29 is 9.53 Å². The first-order valence-electron chi connectivity index (χ1n) is 4.76. The smallest absolute Gasteiger partial charge is 0.335 e. The first-order valence-corrected chi connectivity index (χ1v) is 4.76. The Morgan fingerprint density at radius 1 is 1.43 bits per heavy atom. The molecular weight excluding hydrogens is 180 g/mol. The summed E-state index contributed by atoms with van der Waals surface area (Å²) in [5, 5.41) is 0. The van der Waals surface area contributed by atoms with E-state index in [0.29, 0.717) is 24.3 Å². The minimum Gasteiger partial charge on any atom is -0.461 e. The van der Waals surface area contributed by atoms with Gasteiger partial charge in [0.15, 0.2) is 0 Å². The van der Waals surface area contributed by atoms with Crippen molar-refractivity contribution in [3.63, 3.8) is 0 Å². The Kier molecular flexibility index (Phi) is 5.95. The highest BCUT2D eigenvalue weighted by molar-refractivity contribution is 5.88. The highest BCUT2D eigenvalue weighted by atomic mass is 16.5. The van der Waals surface area contributed by atoms with E-state index >= 15 is 0 Å². The van der Waals surface area contributed by atoms with Crippen LogP contribution in [0.4, 0.5) is 0 Å². The van der Waals surface area contributed by atoms with Crippen molar-refractivity contribution in [1.29, 1.82) is 0 Å². The van der Waals surface area contributed by atoms with Gasteiger partial charge in [0.1, 0.15) is 6.61 Å². The van der Waals surface area contributed by atoms with Gasteiger partial charge in [-0.1, -0.05) is 6.92 Å². The molecule has 0 aromatic carbocycles. The summed E-state index contributed by atoms with van der Waals surface area (Å²) in [5.74, 6) is -0.314. The number of nitrogens with two attached hydrogens (primary N) is 1. The van der Waals surface area contributed by atoms with Gasteiger partial charge in [-0.25, -0.2) is 4.79 Å². The van der Waals surface area contributed by atoms with Gasteiger partial charge in [-0.3, -0.25) is 0 Å². The molecule has 4 heteroatoms. The molecule has 2 N–H and O–H groups in total. The van der Waals surface area contributed by atoms with Crippen LogP contribution in [-0.2, 0) is 9.53 Å². The number of hydrogen-bond acceptors (Lipinski definition) is 4. The number of carbonyl (C=O) groups is 1. The molecule has 0 spiro atoms. The minimum absolute atomic E-state index is 0.314. The molecule has 0 aromatic heterocycles. The molecule has 0 heterocycles. The number of hydrogen-bond donors (Lipinski definition) is 1. The van der Waals surface area contributed by atoms with Gasteiger partial charge in [-0.15, -0.1) is 0 Å². The third kappa shape index (κ3) is 4.87. The number of likely N-dealkylation sites (N-methyl/N-ethyl adjacent to an activating group) is 1. The summed E-state index contributed by atoms with van der Waals surface area (Å²) >= 11 is 0. The fraction of sp³-hybridized carbons (Fsp3) is 0.700. The van der Waals surface area contributed by atoms with Crippen molar-refractivity contribution in [2.75, 3.05) is 27.2 Å². The fourth-order valence-corrected chi connectivity index (χ4v) is 0.825. The molecule has 0 fully saturated rings. The van der Waals surface area contributed by atoms with Crippen LogP contribution >= 0.6 is 0 Å². The predicted octanol–water partition coefficient (Wildman–Crippen LogP) is 0.734. The largest absolute Gasteiger partial charge is 0.461 e. The average molecular weight is 200 g/mol. The average Bonchev–Trinajstić information content (AvgIpc) is 2.14. The molecule has 0 radical (unpaired) electrons. The maximum atomic E-state index is 11.3. The van der Waals surface area contributed by atoms with Crippen LogP contribution in [0.1, 0.15) is 20.3 Å². The number of ether oxygens (including phenoxy) is 1. The molecule has 0 aromatic rings. The molecule has 0 rings (SSSR count). The molecule has 4 nitrogen and oxygen atoms in total. The normalized spacial score (nSPS) is 12.6. The van der Waals surface area contributed by atoms with Crippen molar-refractivity contribution in [2.45, 2.75) is 20.3 Å². The van der Waals surface area contributed by atoms with E-state index in [2.05, 4.69) is 0 Å². The minimum atomic E-state index is -0.314. The van der Waals surface area contributed by atoms with Crippen molar-refractivity contribution in [1.82, 2.24) is 4.90 Å².